The molecule has 4 nitrogen and oxygen atoms in total. The van der Waals surface area contributed by atoms with Crippen LogP contribution in [-0.2, 0) is 6.42 Å². The molecule has 0 radical (unpaired) electrons. The van der Waals surface area contributed by atoms with E-state index in [1.807, 2.05) is 25.1 Å². The second-order valence-electron chi connectivity index (χ2n) is 6.30. The van der Waals surface area contributed by atoms with Crippen LogP contribution in [-0.4, -0.2) is 22.3 Å². The van der Waals surface area contributed by atoms with E-state index in [1.165, 1.54) is 0 Å². The Morgan fingerprint density at radius 1 is 1.19 bits per heavy atom. The van der Waals surface area contributed by atoms with Crippen LogP contribution >= 0.6 is 11.6 Å². The maximum absolute atomic E-state index is 6.05. The Morgan fingerprint density at radius 3 is 2.62 bits per heavy atom. The van der Waals surface area contributed by atoms with Gasteiger partial charge in [0.25, 0.3) is 0 Å². The van der Waals surface area contributed by atoms with E-state index in [4.69, 9.17) is 16.0 Å². The molecule has 2 aromatic rings. The predicted octanol–water partition coefficient (Wildman–Crippen LogP) is 4.02. The molecule has 0 spiro atoms. The van der Waals surface area contributed by atoms with E-state index >= 15 is 0 Å². The molecule has 0 bridgehead atoms. The number of nitrogens with one attached hydrogen (secondary N) is 1. The van der Waals surface area contributed by atoms with Gasteiger partial charge in [-0.1, -0.05) is 11.6 Å². The van der Waals surface area contributed by atoms with Gasteiger partial charge in [0.1, 0.15) is 0 Å². The van der Waals surface area contributed by atoms with Crippen molar-refractivity contribution in [2.45, 2.75) is 46.1 Å². The summed E-state index contributed by atoms with van der Waals surface area (Å²) in [6.07, 6.45) is 1.74. The first-order chi connectivity index (χ1) is 9.83. The molecule has 0 aliphatic carbocycles. The summed E-state index contributed by atoms with van der Waals surface area (Å²) < 4.78 is 5.70. The maximum Gasteiger partial charge on any atom is 0.247 e. The van der Waals surface area contributed by atoms with Gasteiger partial charge >= 0.3 is 0 Å². The Bertz CT molecular complexity index is 582. The molecule has 1 heterocycles. The summed E-state index contributed by atoms with van der Waals surface area (Å²) in [4.78, 5) is 0. The fourth-order valence-electron chi connectivity index (χ4n) is 2.03. The predicted molar refractivity (Wildman–Crippen MR) is 85.6 cm³/mol. The van der Waals surface area contributed by atoms with E-state index in [0.29, 0.717) is 16.8 Å². The smallest absolute Gasteiger partial charge is 0.247 e. The van der Waals surface area contributed by atoms with Gasteiger partial charge < -0.3 is 9.73 Å². The molecule has 2 rings (SSSR count). The number of rotatable bonds is 5. The molecule has 1 aromatic carbocycles. The minimum absolute atomic E-state index is 0.137. The number of aromatic nitrogens is 2. The molecule has 1 N–H and O–H groups in total. The minimum Gasteiger partial charge on any atom is -0.421 e. The van der Waals surface area contributed by atoms with E-state index < -0.39 is 0 Å². The van der Waals surface area contributed by atoms with Crippen LogP contribution in [0.1, 0.15) is 38.6 Å². The fourth-order valence-corrected chi connectivity index (χ4v) is 2.32. The second kappa shape index (κ2) is 6.58. The van der Waals surface area contributed by atoms with Gasteiger partial charge in [0.15, 0.2) is 0 Å². The molecule has 5 heteroatoms. The fraction of sp³-hybridized carbons (Fsp3) is 0.500. The van der Waals surface area contributed by atoms with Gasteiger partial charge in [-0.3, -0.25) is 0 Å². The largest absolute Gasteiger partial charge is 0.421 e. The van der Waals surface area contributed by atoms with Crippen molar-refractivity contribution in [2.75, 3.05) is 6.54 Å². The summed E-state index contributed by atoms with van der Waals surface area (Å²) in [5, 5.41) is 12.3. The molecule has 0 fully saturated rings. The van der Waals surface area contributed by atoms with Crippen molar-refractivity contribution >= 4 is 11.6 Å². The van der Waals surface area contributed by atoms with E-state index in [1.54, 1.807) is 0 Å². The molecule has 0 aliphatic heterocycles. The zero-order valence-electron chi connectivity index (χ0n) is 13.0. The zero-order chi connectivity index (χ0) is 15.5. The van der Waals surface area contributed by atoms with Gasteiger partial charge in [0, 0.05) is 22.5 Å². The van der Waals surface area contributed by atoms with Gasteiger partial charge in [-0.2, -0.15) is 0 Å². The van der Waals surface area contributed by atoms with Crippen LogP contribution in [0.25, 0.3) is 11.5 Å². The minimum atomic E-state index is 0.137. The van der Waals surface area contributed by atoms with Crippen LogP contribution in [0.5, 0.6) is 0 Å². The molecule has 0 saturated heterocycles. The van der Waals surface area contributed by atoms with Gasteiger partial charge in [0.05, 0.1) is 0 Å². The van der Waals surface area contributed by atoms with Crippen molar-refractivity contribution in [2.24, 2.45) is 0 Å². The molecular formula is C16H22ClN3O. The highest BCUT2D eigenvalue weighted by atomic mass is 35.5. The molecule has 0 atom stereocenters. The summed E-state index contributed by atoms with van der Waals surface area (Å²) in [6, 6.07) is 5.73. The second-order valence-corrected chi connectivity index (χ2v) is 6.73. The Morgan fingerprint density at radius 2 is 1.95 bits per heavy atom. The molecular weight excluding hydrogens is 286 g/mol. The Kier molecular flexibility index (Phi) is 5.01. The lowest BCUT2D eigenvalue weighted by molar-refractivity contribution is 0.412. The number of hydrogen-bond acceptors (Lipinski definition) is 4. The highest BCUT2D eigenvalue weighted by Gasteiger charge is 2.11. The van der Waals surface area contributed by atoms with E-state index in [9.17, 15) is 0 Å². The van der Waals surface area contributed by atoms with Gasteiger partial charge in [-0.25, -0.2) is 0 Å². The van der Waals surface area contributed by atoms with Crippen molar-refractivity contribution in [3.63, 3.8) is 0 Å². The maximum atomic E-state index is 6.05. The van der Waals surface area contributed by atoms with E-state index in [0.717, 1.165) is 30.5 Å². The summed E-state index contributed by atoms with van der Waals surface area (Å²) in [7, 11) is 0. The van der Waals surface area contributed by atoms with Gasteiger partial charge in [-0.15, -0.1) is 10.2 Å². The summed E-state index contributed by atoms with van der Waals surface area (Å²) in [5.41, 5.74) is 2.08. The third kappa shape index (κ3) is 5.14. The quantitative estimate of drug-likeness (QED) is 0.848. The standard InChI is InChI=1S/C16H22ClN3O/c1-11-8-12(10-13(17)9-11)15-20-19-14(21-15)6-5-7-18-16(2,3)4/h8-10,18H,5-7H2,1-4H3. The summed E-state index contributed by atoms with van der Waals surface area (Å²) in [6.45, 7) is 9.38. The van der Waals surface area contributed by atoms with Crippen LogP contribution in [0.3, 0.4) is 0 Å². The first-order valence-electron chi connectivity index (χ1n) is 7.18. The monoisotopic (exact) mass is 307 g/mol. The number of benzene rings is 1. The van der Waals surface area contributed by atoms with E-state index in [-0.39, 0.29) is 5.54 Å². The highest BCUT2D eigenvalue weighted by Crippen LogP contribution is 2.23. The average molecular weight is 308 g/mol. The van der Waals surface area contributed by atoms with Crippen LogP contribution < -0.4 is 5.32 Å². The van der Waals surface area contributed by atoms with E-state index in [2.05, 4.69) is 36.3 Å². The molecule has 0 saturated carbocycles. The first-order valence-corrected chi connectivity index (χ1v) is 7.56. The van der Waals surface area contributed by atoms with Crippen LogP contribution in [0.15, 0.2) is 22.6 Å². The average Bonchev–Trinajstić information content (AvgIpc) is 2.81. The normalized spacial score (nSPS) is 11.9. The van der Waals surface area contributed by atoms with Crippen molar-refractivity contribution in [1.29, 1.82) is 0 Å². The Hall–Kier alpha value is -1.39. The van der Waals surface area contributed by atoms with Crippen molar-refractivity contribution < 1.29 is 4.42 Å². The molecule has 114 valence electrons. The molecule has 0 amide bonds. The van der Waals surface area contributed by atoms with Crippen LogP contribution in [0.2, 0.25) is 5.02 Å². The number of halogens is 1. The molecule has 1 aromatic heterocycles. The summed E-state index contributed by atoms with van der Waals surface area (Å²) in [5.74, 6) is 1.19. The lowest BCUT2D eigenvalue weighted by Crippen LogP contribution is -2.36. The molecule has 0 aliphatic rings. The topological polar surface area (TPSA) is 51.0 Å². The zero-order valence-corrected chi connectivity index (χ0v) is 13.8. The lowest BCUT2D eigenvalue weighted by Gasteiger charge is -2.19. The Balaban J connectivity index is 1.95. The Labute approximate surface area is 130 Å². The third-order valence-electron chi connectivity index (χ3n) is 2.98. The molecule has 0 unspecified atom stereocenters. The number of aryl methyl sites for hydroxylation is 2. The van der Waals surface area contributed by atoms with Crippen LogP contribution in [0.4, 0.5) is 0 Å². The number of hydrogen-bond donors (Lipinski definition) is 1. The number of nitrogens with zero attached hydrogens (tertiary/aromatic N) is 2. The molecule has 21 heavy (non-hydrogen) atoms. The first kappa shape index (κ1) is 16.0. The SMILES string of the molecule is Cc1cc(Cl)cc(-c2nnc(CCCNC(C)(C)C)o2)c1. The van der Waals surface area contributed by atoms with Crippen molar-refractivity contribution in [1.82, 2.24) is 15.5 Å². The van der Waals surface area contributed by atoms with Gasteiger partial charge in [-0.05, 0) is 64.4 Å². The summed E-state index contributed by atoms with van der Waals surface area (Å²) >= 11 is 6.05. The third-order valence-corrected chi connectivity index (χ3v) is 3.20. The van der Waals surface area contributed by atoms with Gasteiger partial charge in [0.2, 0.25) is 11.8 Å². The van der Waals surface area contributed by atoms with Crippen molar-refractivity contribution in [3.05, 3.63) is 34.7 Å². The van der Waals surface area contributed by atoms with Crippen molar-refractivity contribution in [3.8, 4) is 11.5 Å². The van der Waals surface area contributed by atoms with Crippen LogP contribution in [0, 0.1) is 6.92 Å². The lowest BCUT2D eigenvalue weighted by atomic mass is 10.1. The highest BCUT2D eigenvalue weighted by molar-refractivity contribution is 6.30.